The molecular formula is C22H26FNO. The van der Waals surface area contributed by atoms with Gasteiger partial charge in [0.2, 0.25) is 0 Å². The largest absolute Gasteiger partial charge is 0.389 e. The Balaban J connectivity index is 1.48. The summed E-state index contributed by atoms with van der Waals surface area (Å²) in [6.07, 6.45) is 4.59. The molecule has 4 rings (SSSR count). The minimum absolute atomic E-state index is 0.203. The van der Waals surface area contributed by atoms with Crippen LogP contribution in [-0.2, 0) is 13.0 Å². The number of aliphatic hydroxyl groups is 1. The van der Waals surface area contributed by atoms with Crippen LogP contribution in [0, 0.1) is 12.7 Å². The molecule has 132 valence electrons. The van der Waals surface area contributed by atoms with Gasteiger partial charge in [-0.1, -0.05) is 36.4 Å². The minimum Gasteiger partial charge on any atom is -0.389 e. The minimum atomic E-state index is -0.665. The van der Waals surface area contributed by atoms with E-state index in [4.69, 9.17) is 0 Å². The highest BCUT2D eigenvalue weighted by molar-refractivity contribution is 5.28. The van der Waals surface area contributed by atoms with E-state index < -0.39 is 5.60 Å². The Labute approximate surface area is 149 Å². The van der Waals surface area contributed by atoms with Crippen LogP contribution in [-0.4, -0.2) is 27.7 Å². The fourth-order valence-electron chi connectivity index (χ4n) is 4.82. The number of halogens is 1. The molecule has 2 aromatic carbocycles. The Hall–Kier alpha value is -1.71. The molecule has 2 nitrogen and oxygen atoms in total. The summed E-state index contributed by atoms with van der Waals surface area (Å²) in [5.74, 6) is -0.203. The average Bonchev–Trinajstić information content (AvgIpc) is 2.83. The normalized spacial score (nSPS) is 29.1. The lowest BCUT2D eigenvalue weighted by molar-refractivity contribution is -0.0541. The molecule has 0 aromatic heterocycles. The van der Waals surface area contributed by atoms with E-state index in [1.165, 1.54) is 24.5 Å². The molecule has 2 aliphatic heterocycles. The standard InChI is InChI=1S/C22H26FNO/c1-16-11-19(23)8-7-18(16)12-22(25)13-20-9-10-21(14-22)24(20)15-17-5-3-2-4-6-17/h2-8,11,20-21,25H,9-10,12-15H2,1H3. The maximum Gasteiger partial charge on any atom is 0.123 e. The molecule has 0 radical (unpaired) electrons. The van der Waals surface area contributed by atoms with Crippen molar-refractivity contribution in [1.29, 1.82) is 0 Å². The van der Waals surface area contributed by atoms with Gasteiger partial charge in [0.05, 0.1) is 5.60 Å². The fourth-order valence-corrected chi connectivity index (χ4v) is 4.82. The molecule has 3 heteroatoms. The molecule has 2 aliphatic rings. The monoisotopic (exact) mass is 339 g/mol. The number of aryl methyl sites for hydroxylation is 1. The van der Waals surface area contributed by atoms with Crippen molar-refractivity contribution in [3.05, 3.63) is 71.0 Å². The van der Waals surface area contributed by atoms with Gasteiger partial charge in [-0.25, -0.2) is 4.39 Å². The lowest BCUT2D eigenvalue weighted by Crippen LogP contribution is -2.51. The van der Waals surface area contributed by atoms with Crippen molar-refractivity contribution < 1.29 is 9.50 Å². The number of piperidine rings is 1. The molecule has 2 saturated heterocycles. The Bertz CT molecular complexity index is 731. The highest BCUT2D eigenvalue weighted by Gasteiger charge is 2.47. The van der Waals surface area contributed by atoms with Crippen LogP contribution in [0.3, 0.4) is 0 Å². The molecule has 0 saturated carbocycles. The first-order valence-electron chi connectivity index (χ1n) is 9.29. The Morgan fingerprint density at radius 1 is 1.08 bits per heavy atom. The molecule has 25 heavy (non-hydrogen) atoms. The molecule has 1 N–H and O–H groups in total. The Morgan fingerprint density at radius 2 is 1.76 bits per heavy atom. The van der Waals surface area contributed by atoms with Crippen molar-refractivity contribution in [2.45, 2.75) is 63.3 Å². The van der Waals surface area contributed by atoms with Crippen molar-refractivity contribution >= 4 is 0 Å². The van der Waals surface area contributed by atoms with Gasteiger partial charge in [-0.05, 0) is 61.4 Å². The van der Waals surface area contributed by atoms with Crippen LogP contribution in [0.1, 0.15) is 42.4 Å². The van der Waals surface area contributed by atoms with Crippen LogP contribution in [0.2, 0.25) is 0 Å². The predicted octanol–water partition coefficient (Wildman–Crippen LogP) is 4.23. The number of rotatable bonds is 4. The molecule has 2 bridgehead atoms. The molecule has 0 aliphatic carbocycles. The van der Waals surface area contributed by atoms with Crippen molar-refractivity contribution in [3.8, 4) is 0 Å². The van der Waals surface area contributed by atoms with Crippen LogP contribution in [0.4, 0.5) is 4.39 Å². The van der Waals surface area contributed by atoms with E-state index in [2.05, 4.69) is 35.2 Å². The van der Waals surface area contributed by atoms with E-state index in [9.17, 15) is 9.50 Å². The Morgan fingerprint density at radius 3 is 2.40 bits per heavy atom. The van der Waals surface area contributed by atoms with Crippen molar-refractivity contribution in [1.82, 2.24) is 4.90 Å². The smallest absolute Gasteiger partial charge is 0.123 e. The quantitative estimate of drug-likeness (QED) is 0.901. The summed E-state index contributed by atoms with van der Waals surface area (Å²) in [7, 11) is 0. The first-order valence-corrected chi connectivity index (χ1v) is 9.29. The molecule has 2 fully saturated rings. The molecule has 2 heterocycles. The van der Waals surface area contributed by atoms with Crippen LogP contribution in [0.15, 0.2) is 48.5 Å². The second-order valence-corrected chi connectivity index (χ2v) is 7.92. The number of fused-ring (bicyclic) bond motifs is 2. The first-order chi connectivity index (χ1) is 12.0. The van der Waals surface area contributed by atoms with E-state index in [1.807, 2.05) is 13.0 Å². The number of hydrogen-bond acceptors (Lipinski definition) is 2. The third-order valence-electron chi connectivity index (χ3n) is 6.03. The lowest BCUT2D eigenvalue weighted by atomic mass is 9.80. The summed E-state index contributed by atoms with van der Waals surface area (Å²) in [4.78, 5) is 2.58. The molecular weight excluding hydrogens is 313 g/mol. The summed E-state index contributed by atoms with van der Waals surface area (Å²) < 4.78 is 13.3. The Kier molecular flexibility index (Phi) is 4.38. The topological polar surface area (TPSA) is 23.5 Å². The number of hydrogen-bond donors (Lipinski definition) is 1. The summed E-state index contributed by atoms with van der Waals surface area (Å²) in [6.45, 7) is 2.91. The molecule has 2 atom stereocenters. The van der Waals surface area contributed by atoms with Crippen molar-refractivity contribution in [2.24, 2.45) is 0 Å². The van der Waals surface area contributed by atoms with Gasteiger partial charge in [0.15, 0.2) is 0 Å². The van der Waals surface area contributed by atoms with Gasteiger partial charge in [0, 0.05) is 25.0 Å². The molecule has 0 amide bonds. The highest BCUT2D eigenvalue weighted by atomic mass is 19.1. The highest BCUT2D eigenvalue weighted by Crippen LogP contribution is 2.43. The summed E-state index contributed by atoms with van der Waals surface area (Å²) in [5.41, 5.74) is 2.69. The van der Waals surface area contributed by atoms with Gasteiger partial charge in [0.1, 0.15) is 5.82 Å². The number of nitrogens with zero attached hydrogens (tertiary/aromatic N) is 1. The van der Waals surface area contributed by atoms with Crippen LogP contribution in [0.5, 0.6) is 0 Å². The van der Waals surface area contributed by atoms with E-state index in [-0.39, 0.29) is 5.82 Å². The summed E-state index contributed by atoms with van der Waals surface area (Å²) in [6, 6.07) is 16.4. The van der Waals surface area contributed by atoms with Gasteiger partial charge in [-0.3, -0.25) is 4.90 Å². The predicted molar refractivity (Wildman–Crippen MR) is 97.8 cm³/mol. The zero-order chi connectivity index (χ0) is 17.4. The van der Waals surface area contributed by atoms with Gasteiger partial charge in [0.25, 0.3) is 0 Å². The van der Waals surface area contributed by atoms with Gasteiger partial charge in [-0.2, -0.15) is 0 Å². The maximum absolute atomic E-state index is 13.3. The van der Waals surface area contributed by atoms with Crippen molar-refractivity contribution in [2.75, 3.05) is 0 Å². The maximum atomic E-state index is 13.3. The van der Waals surface area contributed by atoms with E-state index >= 15 is 0 Å². The van der Waals surface area contributed by atoms with Crippen molar-refractivity contribution in [3.63, 3.8) is 0 Å². The average molecular weight is 339 g/mol. The second-order valence-electron chi connectivity index (χ2n) is 7.92. The molecule has 0 spiro atoms. The fraction of sp³-hybridized carbons (Fsp3) is 0.455. The zero-order valence-electron chi connectivity index (χ0n) is 14.8. The van der Waals surface area contributed by atoms with E-state index in [1.54, 1.807) is 6.07 Å². The zero-order valence-corrected chi connectivity index (χ0v) is 14.8. The molecule has 2 unspecified atom stereocenters. The second kappa shape index (κ2) is 6.54. The third-order valence-corrected chi connectivity index (χ3v) is 6.03. The summed E-state index contributed by atoms with van der Waals surface area (Å²) >= 11 is 0. The van der Waals surface area contributed by atoms with Crippen LogP contribution < -0.4 is 0 Å². The van der Waals surface area contributed by atoms with E-state index in [0.29, 0.717) is 18.5 Å². The van der Waals surface area contributed by atoms with Gasteiger partial charge in [-0.15, -0.1) is 0 Å². The first kappa shape index (κ1) is 16.7. The number of benzene rings is 2. The molecule has 2 aromatic rings. The van der Waals surface area contributed by atoms with Gasteiger partial charge >= 0.3 is 0 Å². The summed E-state index contributed by atoms with van der Waals surface area (Å²) in [5, 5.41) is 11.3. The van der Waals surface area contributed by atoms with Crippen LogP contribution >= 0.6 is 0 Å². The SMILES string of the molecule is Cc1cc(F)ccc1CC1(O)CC2CCC(C1)N2Cc1ccccc1. The van der Waals surface area contributed by atoms with Gasteiger partial charge < -0.3 is 5.11 Å². The van der Waals surface area contributed by atoms with E-state index in [0.717, 1.165) is 30.5 Å². The lowest BCUT2D eigenvalue weighted by Gasteiger charge is -2.44. The third kappa shape index (κ3) is 3.49. The van der Waals surface area contributed by atoms with Crippen LogP contribution in [0.25, 0.3) is 0 Å².